The van der Waals surface area contributed by atoms with Gasteiger partial charge < -0.3 is 10.4 Å². The van der Waals surface area contributed by atoms with Crippen molar-refractivity contribution in [3.63, 3.8) is 0 Å². The highest BCUT2D eigenvalue weighted by Gasteiger charge is 2.59. The number of hydrogen-bond acceptors (Lipinski definition) is 4. The van der Waals surface area contributed by atoms with Crippen molar-refractivity contribution in [1.82, 2.24) is 20.3 Å². The van der Waals surface area contributed by atoms with Crippen molar-refractivity contribution in [2.24, 2.45) is 34.5 Å². The van der Waals surface area contributed by atoms with E-state index in [0.29, 0.717) is 16.9 Å². The van der Waals surface area contributed by atoms with Crippen LogP contribution >= 0.6 is 0 Å². The molecule has 0 amide bonds. The van der Waals surface area contributed by atoms with Crippen LogP contribution in [0.1, 0.15) is 123 Å². The van der Waals surface area contributed by atoms with E-state index < -0.39 is 0 Å². The van der Waals surface area contributed by atoms with Gasteiger partial charge in [0, 0.05) is 25.3 Å². The highest BCUT2D eigenvalue weighted by atomic mass is 16.3. The summed E-state index contributed by atoms with van der Waals surface area (Å²) in [6.45, 7) is 11.7. The predicted molar refractivity (Wildman–Crippen MR) is 151 cm³/mol. The molecule has 8 atom stereocenters. The second-order valence-electron chi connectivity index (χ2n) is 13.8. The molecule has 0 spiro atoms. The third kappa shape index (κ3) is 5.46. The molecular weight excluding hydrogens is 456 g/mol. The Bertz CT molecular complexity index is 926. The van der Waals surface area contributed by atoms with E-state index in [9.17, 15) is 5.11 Å². The Morgan fingerprint density at radius 3 is 2.70 bits per heavy atom. The van der Waals surface area contributed by atoms with Crippen LogP contribution in [0, 0.1) is 34.5 Å². The Kier molecular flexibility index (Phi) is 8.51. The summed E-state index contributed by atoms with van der Waals surface area (Å²) in [5.74, 6) is 3.24. The van der Waals surface area contributed by atoms with Gasteiger partial charge in [-0.3, -0.25) is 4.68 Å². The monoisotopic (exact) mass is 510 g/mol. The number of rotatable bonds is 11. The van der Waals surface area contributed by atoms with E-state index in [1.807, 2.05) is 4.68 Å². The number of nitrogens with zero attached hydrogens (tertiary/aromatic N) is 3. The normalized spacial score (nSPS) is 38.0. The lowest BCUT2D eigenvalue weighted by atomic mass is 9.47. The van der Waals surface area contributed by atoms with E-state index in [-0.39, 0.29) is 6.10 Å². The maximum absolute atomic E-state index is 10.3. The third-order valence-electron chi connectivity index (χ3n) is 11.7. The maximum Gasteiger partial charge on any atom is 0.0964 e. The quantitative estimate of drug-likeness (QED) is 0.247. The zero-order chi connectivity index (χ0) is 26.0. The van der Waals surface area contributed by atoms with Crippen molar-refractivity contribution < 1.29 is 5.11 Å². The fraction of sp³-hybridized carbons (Fsp3) is 0.875. The summed E-state index contributed by atoms with van der Waals surface area (Å²) in [6, 6.07) is 0.505. The number of allylic oxidation sites excluding steroid dienone is 1. The molecule has 0 aliphatic heterocycles. The van der Waals surface area contributed by atoms with Gasteiger partial charge in [0.05, 0.1) is 11.8 Å². The fourth-order valence-corrected chi connectivity index (χ4v) is 9.49. The van der Waals surface area contributed by atoms with Gasteiger partial charge >= 0.3 is 0 Å². The first kappa shape index (κ1) is 27.4. The van der Waals surface area contributed by atoms with Crippen LogP contribution in [0.15, 0.2) is 17.8 Å². The molecule has 37 heavy (non-hydrogen) atoms. The van der Waals surface area contributed by atoms with E-state index in [2.05, 4.69) is 55.6 Å². The number of aromatic nitrogens is 3. The van der Waals surface area contributed by atoms with Crippen molar-refractivity contribution in [3.8, 4) is 0 Å². The summed E-state index contributed by atoms with van der Waals surface area (Å²) < 4.78 is 2.05. The molecule has 1 aromatic rings. The number of unbranched alkanes of at least 4 members (excludes halogenated alkanes) is 5. The number of hydrogen-bond donors (Lipinski definition) is 2. The topological polar surface area (TPSA) is 63.0 Å². The molecule has 1 heterocycles. The van der Waals surface area contributed by atoms with E-state index >= 15 is 0 Å². The maximum atomic E-state index is 10.3. The van der Waals surface area contributed by atoms with Crippen LogP contribution in [0.5, 0.6) is 0 Å². The van der Waals surface area contributed by atoms with Gasteiger partial charge in [-0.25, -0.2) is 0 Å². The molecule has 3 saturated carbocycles. The number of aliphatic hydroxyl groups excluding tert-OH is 1. The fourth-order valence-electron chi connectivity index (χ4n) is 9.49. The van der Waals surface area contributed by atoms with Crippen molar-refractivity contribution in [1.29, 1.82) is 0 Å². The molecule has 208 valence electrons. The standard InChI is InChI=1S/C32H54N4O/c1-5-6-7-8-9-10-19-36-22-25(34-35-36)21-33-23(2)28-13-14-29-27-12-11-24-20-26(37)15-17-31(24,3)30(27)16-18-32(28,29)4/h11,22-23,26-30,33,37H,5-10,12-21H2,1-4H3/t23-,26+,27+,28-,29+,30+,31+,32-/m1/s1. The number of aryl methyl sites for hydroxylation is 1. The minimum Gasteiger partial charge on any atom is -0.393 e. The van der Waals surface area contributed by atoms with Crippen LogP contribution in [0.2, 0.25) is 0 Å². The summed E-state index contributed by atoms with van der Waals surface area (Å²) in [5, 5.41) is 23.0. The molecule has 0 aromatic carbocycles. The third-order valence-corrected chi connectivity index (χ3v) is 11.7. The van der Waals surface area contributed by atoms with Crippen LogP contribution in [-0.2, 0) is 13.1 Å². The number of fused-ring (bicyclic) bond motifs is 5. The average Bonchev–Trinajstić information content (AvgIpc) is 3.49. The van der Waals surface area contributed by atoms with Crippen molar-refractivity contribution in [2.45, 2.75) is 143 Å². The lowest BCUT2D eigenvalue weighted by molar-refractivity contribution is -0.0536. The second kappa shape index (κ2) is 11.5. The molecule has 5 nitrogen and oxygen atoms in total. The molecule has 0 bridgehead atoms. The Balaban J connectivity index is 1.14. The van der Waals surface area contributed by atoms with E-state index in [0.717, 1.165) is 55.3 Å². The SMILES string of the molecule is CCCCCCCCn1cc(CN[C@H](C)[C@H]2CC[C@H]3[C@@H]4CC=C5C[C@@H](O)CC[C@]5(C)[C@H]4CC[C@]23C)nn1. The van der Waals surface area contributed by atoms with Gasteiger partial charge in [-0.1, -0.05) is 69.7 Å². The summed E-state index contributed by atoms with van der Waals surface area (Å²) in [5.41, 5.74) is 3.45. The first-order valence-electron chi connectivity index (χ1n) is 15.8. The zero-order valence-corrected chi connectivity index (χ0v) is 24.2. The highest BCUT2D eigenvalue weighted by molar-refractivity contribution is 5.25. The summed E-state index contributed by atoms with van der Waals surface area (Å²) in [7, 11) is 0. The van der Waals surface area contributed by atoms with Gasteiger partial charge in [0.2, 0.25) is 0 Å². The lowest BCUT2D eigenvalue weighted by Crippen LogP contribution is -2.52. The van der Waals surface area contributed by atoms with Crippen LogP contribution in [0.25, 0.3) is 0 Å². The number of nitrogens with one attached hydrogen (secondary N) is 1. The molecule has 4 aliphatic carbocycles. The zero-order valence-electron chi connectivity index (χ0n) is 24.2. The van der Waals surface area contributed by atoms with Gasteiger partial charge in [-0.2, -0.15) is 0 Å². The molecule has 4 aliphatic rings. The van der Waals surface area contributed by atoms with Crippen LogP contribution < -0.4 is 5.32 Å². The summed E-state index contributed by atoms with van der Waals surface area (Å²) in [6.07, 6.45) is 22.3. The van der Waals surface area contributed by atoms with E-state index in [4.69, 9.17) is 0 Å². The van der Waals surface area contributed by atoms with Crippen LogP contribution in [0.4, 0.5) is 0 Å². The highest BCUT2D eigenvalue weighted by Crippen LogP contribution is 2.66. The largest absolute Gasteiger partial charge is 0.393 e. The molecule has 1 aromatic heterocycles. The van der Waals surface area contributed by atoms with Crippen molar-refractivity contribution >= 4 is 0 Å². The smallest absolute Gasteiger partial charge is 0.0964 e. The van der Waals surface area contributed by atoms with Gasteiger partial charge in [0.15, 0.2) is 0 Å². The molecular formula is C32H54N4O. The average molecular weight is 511 g/mol. The van der Waals surface area contributed by atoms with Gasteiger partial charge in [0.25, 0.3) is 0 Å². The summed E-state index contributed by atoms with van der Waals surface area (Å²) in [4.78, 5) is 0. The molecule has 2 N–H and O–H groups in total. The molecule has 3 fully saturated rings. The molecule has 5 rings (SSSR count). The van der Waals surface area contributed by atoms with E-state index in [1.165, 1.54) is 77.0 Å². The van der Waals surface area contributed by atoms with Gasteiger partial charge in [0.1, 0.15) is 0 Å². The number of aliphatic hydroxyl groups is 1. The molecule has 0 radical (unpaired) electrons. The Morgan fingerprint density at radius 2 is 1.86 bits per heavy atom. The van der Waals surface area contributed by atoms with Crippen LogP contribution in [-0.4, -0.2) is 32.2 Å². The van der Waals surface area contributed by atoms with Crippen molar-refractivity contribution in [3.05, 3.63) is 23.5 Å². The second-order valence-corrected chi connectivity index (χ2v) is 13.8. The first-order valence-corrected chi connectivity index (χ1v) is 15.8. The Morgan fingerprint density at radius 1 is 1.05 bits per heavy atom. The summed E-state index contributed by atoms with van der Waals surface area (Å²) >= 11 is 0. The lowest BCUT2D eigenvalue weighted by Gasteiger charge is -2.58. The first-order chi connectivity index (χ1) is 17.8. The molecule has 0 unspecified atom stereocenters. The Hall–Kier alpha value is -1.20. The van der Waals surface area contributed by atoms with E-state index in [1.54, 1.807) is 5.57 Å². The van der Waals surface area contributed by atoms with Gasteiger partial charge in [-0.05, 0) is 99.2 Å². The van der Waals surface area contributed by atoms with Crippen molar-refractivity contribution in [2.75, 3.05) is 0 Å². The molecule has 5 heteroatoms. The molecule has 0 saturated heterocycles. The minimum atomic E-state index is -0.107. The minimum absolute atomic E-state index is 0.107. The predicted octanol–water partition coefficient (Wildman–Crippen LogP) is 7.06. The van der Waals surface area contributed by atoms with Gasteiger partial charge in [-0.15, -0.1) is 5.10 Å². The Labute approximate surface area is 226 Å². The van der Waals surface area contributed by atoms with Crippen LogP contribution in [0.3, 0.4) is 0 Å².